The second-order valence-corrected chi connectivity index (χ2v) is 15.5. The Hall–Kier alpha value is -5.10. The van der Waals surface area contributed by atoms with Crippen molar-refractivity contribution in [3.63, 3.8) is 0 Å². The second kappa shape index (κ2) is 18.4. The number of nitrogens with zero attached hydrogens (tertiary/aromatic N) is 5. The highest BCUT2D eigenvalue weighted by Crippen LogP contribution is 2.32. The van der Waals surface area contributed by atoms with E-state index in [9.17, 15) is 9.59 Å². The summed E-state index contributed by atoms with van der Waals surface area (Å²) < 4.78 is 7.54. The Morgan fingerprint density at radius 2 is 1.53 bits per heavy atom. The number of hydrogen-bond donors (Lipinski definition) is 3. The Morgan fingerprint density at radius 1 is 0.807 bits per heavy atom. The minimum Gasteiger partial charge on any atom is -0.381 e. The first-order valence-corrected chi connectivity index (χ1v) is 20.8. The SMILES string of the molecule is CCc1nc2c(cnn2CC)c(NC2CCOCC2)c1CNC(=O)c1cc(C)cc(C(=O)NCc2ccc(C)c(-c3cccc(CN4CCN(CC)CC4)c3)c2)c1. The number of ether oxygens (including phenoxy) is 1. The first-order chi connectivity index (χ1) is 27.7. The van der Waals surface area contributed by atoms with Crippen LogP contribution in [0, 0.1) is 13.8 Å². The van der Waals surface area contributed by atoms with E-state index in [4.69, 9.17) is 9.72 Å². The molecule has 4 heterocycles. The van der Waals surface area contributed by atoms with Gasteiger partial charge >= 0.3 is 0 Å². The lowest BCUT2D eigenvalue weighted by Crippen LogP contribution is -2.45. The smallest absolute Gasteiger partial charge is 0.251 e. The number of nitrogens with one attached hydrogen (secondary N) is 3. The van der Waals surface area contributed by atoms with Crippen LogP contribution >= 0.6 is 0 Å². The highest BCUT2D eigenvalue weighted by Gasteiger charge is 2.23. The molecule has 2 saturated heterocycles. The van der Waals surface area contributed by atoms with E-state index in [2.05, 4.69) is 101 Å². The molecule has 0 saturated carbocycles. The second-order valence-electron chi connectivity index (χ2n) is 15.5. The zero-order chi connectivity index (χ0) is 39.9. The fourth-order valence-electron chi connectivity index (χ4n) is 8.15. The van der Waals surface area contributed by atoms with Crippen LogP contribution in [0.15, 0.2) is 66.9 Å². The molecule has 3 N–H and O–H groups in total. The van der Waals surface area contributed by atoms with E-state index in [0.717, 1.165) is 91.2 Å². The zero-order valence-corrected chi connectivity index (χ0v) is 34.3. The number of pyridine rings is 1. The van der Waals surface area contributed by atoms with Gasteiger partial charge < -0.3 is 25.6 Å². The summed E-state index contributed by atoms with van der Waals surface area (Å²) in [6.45, 7) is 19.7. The van der Waals surface area contributed by atoms with Gasteiger partial charge in [-0.3, -0.25) is 14.5 Å². The molecule has 5 aromatic rings. The lowest BCUT2D eigenvalue weighted by atomic mass is 9.96. The predicted molar refractivity (Wildman–Crippen MR) is 228 cm³/mol. The van der Waals surface area contributed by atoms with E-state index in [0.29, 0.717) is 43.9 Å². The van der Waals surface area contributed by atoms with Gasteiger partial charge in [-0.2, -0.15) is 5.10 Å². The van der Waals surface area contributed by atoms with E-state index in [1.165, 1.54) is 22.3 Å². The Kier molecular flexibility index (Phi) is 13.0. The van der Waals surface area contributed by atoms with Crippen LogP contribution in [0.4, 0.5) is 5.69 Å². The van der Waals surface area contributed by atoms with Gasteiger partial charge in [0, 0.05) is 94.0 Å². The number of piperazine rings is 1. The lowest BCUT2D eigenvalue weighted by Gasteiger charge is -2.34. The number of carbonyl (C=O) groups is 2. The number of rotatable bonds is 14. The van der Waals surface area contributed by atoms with E-state index >= 15 is 0 Å². The molecule has 0 unspecified atom stereocenters. The maximum absolute atomic E-state index is 13.8. The number of benzene rings is 3. The first-order valence-electron chi connectivity index (χ1n) is 20.8. The molecule has 0 radical (unpaired) electrons. The van der Waals surface area contributed by atoms with Gasteiger partial charge in [-0.05, 0) is 110 Å². The van der Waals surface area contributed by atoms with Gasteiger partial charge in [-0.1, -0.05) is 44.2 Å². The van der Waals surface area contributed by atoms with Crippen molar-refractivity contribution in [1.29, 1.82) is 0 Å². The maximum atomic E-state index is 13.8. The molecule has 300 valence electrons. The van der Waals surface area contributed by atoms with Gasteiger partial charge in [0.1, 0.15) is 0 Å². The van der Waals surface area contributed by atoms with Gasteiger partial charge in [0.25, 0.3) is 11.8 Å². The third-order valence-corrected chi connectivity index (χ3v) is 11.5. The number of amides is 2. The van der Waals surface area contributed by atoms with Crippen molar-refractivity contribution in [3.8, 4) is 11.1 Å². The molecule has 0 atom stereocenters. The van der Waals surface area contributed by atoms with Crippen LogP contribution in [0.2, 0.25) is 0 Å². The molecule has 3 aromatic carbocycles. The Balaban J connectivity index is 1.03. The summed E-state index contributed by atoms with van der Waals surface area (Å²) in [6.07, 6.45) is 4.39. The molecule has 2 aromatic heterocycles. The Bertz CT molecular complexity index is 2200. The minimum atomic E-state index is -0.246. The molecular formula is C46H58N8O3. The van der Waals surface area contributed by atoms with Crippen molar-refractivity contribution >= 4 is 28.5 Å². The van der Waals surface area contributed by atoms with Crippen molar-refractivity contribution in [2.75, 3.05) is 51.3 Å². The quantitative estimate of drug-likeness (QED) is 0.112. The van der Waals surface area contributed by atoms with Crippen LogP contribution in [0.25, 0.3) is 22.2 Å². The van der Waals surface area contributed by atoms with Gasteiger partial charge in [0.15, 0.2) is 5.65 Å². The van der Waals surface area contributed by atoms with Crippen molar-refractivity contribution in [2.24, 2.45) is 0 Å². The highest BCUT2D eigenvalue weighted by atomic mass is 16.5. The molecule has 2 aliphatic rings. The number of carbonyl (C=O) groups excluding carboxylic acids is 2. The molecule has 57 heavy (non-hydrogen) atoms. The summed E-state index contributed by atoms with van der Waals surface area (Å²) in [5.41, 5.74) is 11.3. The largest absolute Gasteiger partial charge is 0.381 e. The number of hydrogen-bond acceptors (Lipinski definition) is 8. The third-order valence-electron chi connectivity index (χ3n) is 11.5. The van der Waals surface area contributed by atoms with E-state index in [-0.39, 0.29) is 24.4 Å². The van der Waals surface area contributed by atoms with Crippen LogP contribution in [-0.2, 0) is 37.3 Å². The van der Waals surface area contributed by atoms with Crippen LogP contribution in [0.5, 0.6) is 0 Å². The standard InChI is InChI=1S/C46H58N8O3/c1-6-42-40(43(50-38-14-20-57-21-15-38)41-29-49-54(8-3)44(41)51-42)28-48-46(56)37-23-31(4)22-36(26-37)45(55)47-27-33-13-12-32(5)39(25-33)35-11-9-10-34(24-35)30-53-18-16-52(7-2)17-19-53/h9-13,22-26,29,38H,6-8,14-21,27-28,30H2,1-5H3,(H,47,55)(H,48,56)(H,50,51). The normalized spacial score (nSPS) is 15.5. The highest BCUT2D eigenvalue weighted by molar-refractivity contribution is 6.00. The molecule has 11 nitrogen and oxygen atoms in total. The summed E-state index contributed by atoms with van der Waals surface area (Å²) >= 11 is 0. The third kappa shape index (κ3) is 9.55. The van der Waals surface area contributed by atoms with Gasteiger partial charge in [-0.15, -0.1) is 0 Å². The summed E-state index contributed by atoms with van der Waals surface area (Å²) in [5.74, 6) is -0.469. The first kappa shape index (κ1) is 40.1. The van der Waals surface area contributed by atoms with Crippen molar-refractivity contribution in [2.45, 2.75) is 86.1 Å². The molecule has 2 fully saturated rings. The van der Waals surface area contributed by atoms with E-state index in [1.54, 1.807) is 6.07 Å². The van der Waals surface area contributed by atoms with Crippen LogP contribution < -0.4 is 16.0 Å². The Labute approximate surface area is 337 Å². The maximum Gasteiger partial charge on any atom is 0.251 e. The van der Waals surface area contributed by atoms with Gasteiger partial charge in [0.2, 0.25) is 0 Å². The van der Waals surface area contributed by atoms with E-state index in [1.807, 2.05) is 29.9 Å². The summed E-state index contributed by atoms with van der Waals surface area (Å²) in [5, 5.41) is 15.6. The van der Waals surface area contributed by atoms with E-state index < -0.39 is 0 Å². The monoisotopic (exact) mass is 770 g/mol. The molecule has 2 amide bonds. The fraction of sp³-hybridized carbons (Fsp3) is 0.435. The Morgan fingerprint density at radius 3 is 2.23 bits per heavy atom. The lowest BCUT2D eigenvalue weighted by molar-refractivity contribution is 0.0904. The van der Waals surface area contributed by atoms with Crippen LogP contribution in [0.3, 0.4) is 0 Å². The molecule has 7 rings (SSSR count). The molecule has 0 aliphatic carbocycles. The number of likely N-dealkylation sites (N-methyl/N-ethyl adjacent to an activating group) is 1. The van der Waals surface area contributed by atoms with Crippen LogP contribution in [0.1, 0.15) is 87.8 Å². The molecule has 0 spiro atoms. The van der Waals surface area contributed by atoms with Crippen molar-refractivity contribution in [1.82, 2.24) is 35.2 Å². The minimum absolute atomic E-state index is 0.223. The van der Waals surface area contributed by atoms with Gasteiger partial charge in [-0.25, -0.2) is 9.67 Å². The number of fused-ring (bicyclic) bond motifs is 1. The number of aryl methyl sites for hydroxylation is 4. The topological polar surface area (TPSA) is 117 Å². The predicted octanol–water partition coefficient (Wildman–Crippen LogP) is 6.89. The molecule has 0 bridgehead atoms. The summed E-state index contributed by atoms with van der Waals surface area (Å²) in [6, 6.07) is 20.8. The summed E-state index contributed by atoms with van der Waals surface area (Å²) in [4.78, 5) is 37.4. The zero-order valence-electron chi connectivity index (χ0n) is 34.3. The summed E-state index contributed by atoms with van der Waals surface area (Å²) in [7, 11) is 0. The molecular weight excluding hydrogens is 713 g/mol. The molecule has 11 heteroatoms. The van der Waals surface area contributed by atoms with Crippen molar-refractivity contribution < 1.29 is 14.3 Å². The average Bonchev–Trinajstić information content (AvgIpc) is 3.66. The fourth-order valence-corrected chi connectivity index (χ4v) is 8.15. The van der Waals surface area contributed by atoms with Gasteiger partial charge in [0.05, 0.1) is 17.3 Å². The average molecular weight is 771 g/mol. The van der Waals surface area contributed by atoms with Crippen molar-refractivity contribution in [3.05, 3.63) is 111 Å². The van der Waals surface area contributed by atoms with Crippen LogP contribution in [-0.4, -0.2) is 88.4 Å². The number of aromatic nitrogens is 3. The number of anilines is 1. The molecule has 2 aliphatic heterocycles.